The van der Waals surface area contributed by atoms with Crippen molar-refractivity contribution < 1.29 is 0 Å². The van der Waals surface area contributed by atoms with Crippen LogP contribution in [-0.2, 0) is 20.0 Å². The van der Waals surface area contributed by atoms with Gasteiger partial charge in [0.1, 0.15) is 0 Å². The molecule has 4 aromatic rings. The zero-order valence-corrected chi connectivity index (χ0v) is 18.7. The number of benzene rings is 2. The van der Waals surface area contributed by atoms with E-state index >= 15 is 0 Å². The van der Waals surface area contributed by atoms with Gasteiger partial charge in [0.15, 0.2) is 11.2 Å². The third-order valence-electron chi connectivity index (χ3n) is 5.06. The number of aromatic amines is 1. The van der Waals surface area contributed by atoms with Crippen molar-refractivity contribution in [2.45, 2.75) is 19.9 Å². The van der Waals surface area contributed by atoms with Crippen LogP contribution in [0, 0.1) is 0 Å². The Morgan fingerprint density at radius 2 is 1.84 bits per heavy atom. The second-order valence-electron chi connectivity index (χ2n) is 7.13. The first-order valence-corrected chi connectivity index (χ1v) is 10.5. The number of nitrogens with zero attached hydrogens (tertiary/aromatic N) is 4. The highest BCUT2D eigenvalue weighted by molar-refractivity contribution is 9.10. The van der Waals surface area contributed by atoms with Gasteiger partial charge in [0, 0.05) is 18.1 Å². The Labute approximate surface area is 186 Å². The molecule has 0 bridgehead atoms. The molecule has 0 saturated heterocycles. The van der Waals surface area contributed by atoms with Crippen molar-refractivity contribution in [3.63, 3.8) is 0 Å². The van der Waals surface area contributed by atoms with E-state index in [4.69, 9.17) is 0 Å². The highest BCUT2D eigenvalue weighted by Crippen LogP contribution is 2.17. The predicted octanol–water partition coefficient (Wildman–Crippen LogP) is 3.26. The summed E-state index contributed by atoms with van der Waals surface area (Å²) in [5.41, 5.74) is 5.49. The Morgan fingerprint density at radius 3 is 2.55 bits per heavy atom. The number of H-pyrrole nitrogens is 1. The van der Waals surface area contributed by atoms with E-state index in [1.165, 1.54) is 4.57 Å². The van der Waals surface area contributed by atoms with Crippen LogP contribution in [0.5, 0.6) is 0 Å². The number of rotatable bonds is 6. The lowest BCUT2D eigenvalue weighted by Gasteiger charge is -2.09. The first-order chi connectivity index (χ1) is 14.9. The number of halogens is 1. The molecule has 9 heteroatoms. The zero-order valence-electron chi connectivity index (χ0n) is 17.1. The molecule has 2 aromatic carbocycles. The molecule has 0 aliphatic rings. The maximum Gasteiger partial charge on any atom is 0.329 e. The molecule has 0 atom stereocenters. The van der Waals surface area contributed by atoms with E-state index in [0.29, 0.717) is 30.1 Å². The van der Waals surface area contributed by atoms with Gasteiger partial charge in [-0.3, -0.25) is 14.3 Å². The van der Waals surface area contributed by atoms with Crippen LogP contribution in [0.2, 0.25) is 0 Å². The number of hydrogen-bond donors (Lipinski definition) is 2. The topological polar surface area (TPSA) is 97.1 Å². The maximum absolute atomic E-state index is 12.6. The highest BCUT2D eigenvalue weighted by atomic mass is 79.9. The van der Waals surface area contributed by atoms with Crippen molar-refractivity contribution in [2.75, 3.05) is 5.43 Å². The van der Waals surface area contributed by atoms with E-state index < -0.39 is 11.2 Å². The lowest BCUT2D eigenvalue weighted by molar-refractivity contribution is 0.716. The van der Waals surface area contributed by atoms with E-state index in [9.17, 15) is 9.59 Å². The molecule has 0 aliphatic heterocycles. The Balaban J connectivity index is 1.74. The number of anilines is 1. The summed E-state index contributed by atoms with van der Waals surface area (Å²) in [4.78, 5) is 31.5. The van der Waals surface area contributed by atoms with Gasteiger partial charge in [-0.2, -0.15) is 10.1 Å². The van der Waals surface area contributed by atoms with Crippen LogP contribution in [-0.4, -0.2) is 24.8 Å². The molecule has 158 valence electrons. The molecule has 4 rings (SSSR count). The molecule has 0 spiro atoms. The molecular formula is C22H21BrN6O2. The lowest BCUT2D eigenvalue weighted by Crippen LogP contribution is -2.29. The predicted molar refractivity (Wildman–Crippen MR) is 126 cm³/mol. The first kappa shape index (κ1) is 20.8. The summed E-state index contributed by atoms with van der Waals surface area (Å²) < 4.78 is 4.07. The molecule has 31 heavy (non-hydrogen) atoms. The minimum Gasteiger partial charge on any atom is -0.303 e. The number of nitrogens with one attached hydrogen (secondary N) is 2. The number of hydrogen-bond acceptors (Lipinski definition) is 5. The van der Waals surface area contributed by atoms with E-state index in [-0.39, 0.29) is 0 Å². The summed E-state index contributed by atoms with van der Waals surface area (Å²) in [6.45, 7) is 2.38. The smallest absolute Gasteiger partial charge is 0.303 e. The molecule has 0 amide bonds. The second kappa shape index (κ2) is 8.73. The molecule has 0 saturated carbocycles. The third-order valence-corrected chi connectivity index (χ3v) is 5.59. The van der Waals surface area contributed by atoms with Crippen LogP contribution in [0.4, 0.5) is 5.95 Å². The summed E-state index contributed by atoms with van der Waals surface area (Å²) in [5, 5.41) is 4.46. The molecule has 0 radical (unpaired) electrons. The fourth-order valence-corrected chi connectivity index (χ4v) is 3.58. The van der Waals surface area contributed by atoms with Gasteiger partial charge in [-0.25, -0.2) is 10.2 Å². The van der Waals surface area contributed by atoms with Gasteiger partial charge in [0.05, 0.1) is 5.71 Å². The zero-order chi connectivity index (χ0) is 22.0. The van der Waals surface area contributed by atoms with Crippen LogP contribution in [0.1, 0.15) is 18.1 Å². The average molecular weight is 481 g/mol. The van der Waals surface area contributed by atoms with Crippen molar-refractivity contribution in [1.29, 1.82) is 0 Å². The van der Waals surface area contributed by atoms with Crippen molar-refractivity contribution >= 4 is 38.8 Å². The van der Waals surface area contributed by atoms with Gasteiger partial charge in [-0.15, -0.1) is 0 Å². The van der Waals surface area contributed by atoms with Crippen LogP contribution in [0.25, 0.3) is 11.2 Å². The van der Waals surface area contributed by atoms with Gasteiger partial charge in [-0.05, 0) is 36.6 Å². The van der Waals surface area contributed by atoms with Crippen LogP contribution in [0.15, 0.2) is 73.8 Å². The Hall–Kier alpha value is -3.46. The summed E-state index contributed by atoms with van der Waals surface area (Å²) in [7, 11) is 1.58. The number of aromatic nitrogens is 4. The van der Waals surface area contributed by atoms with Crippen molar-refractivity contribution in [3.05, 3.63) is 91.0 Å². The van der Waals surface area contributed by atoms with Gasteiger partial charge < -0.3 is 4.57 Å². The van der Waals surface area contributed by atoms with Gasteiger partial charge >= 0.3 is 5.69 Å². The van der Waals surface area contributed by atoms with Crippen molar-refractivity contribution in [3.8, 4) is 0 Å². The number of imidazole rings is 1. The standard InChI is InChI=1S/C22H21BrN6O2/c1-14(16-8-10-17(23)11-9-16)26-27-21-24-19-18(20(30)25-22(31)28(19)2)29(21)13-12-15-6-4-3-5-7-15/h3-11H,12-13H2,1-2H3,(H,24,27)(H,25,30,31)/b26-14+. The average Bonchev–Trinajstić information content (AvgIpc) is 3.15. The van der Waals surface area contributed by atoms with Gasteiger partial charge in [-0.1, -0.05) is 58.4 Å². The first-order valence-electron chi connectivity index (χ1n) is 9.74. The number of aryl methyl sites for hydroxylation is 3. The van der Waals surface area contributed by atoms with Crippen LogP contribution < -0.4 is 16.7 Å². The van der Waals surface area contributed by atoms with E-state index in [1.807, 2.05) is 61.5 Å². The number of fused-ring (bicyclic) bond motifs is 1. The molecule has 0 aliphatic carbocycles. The van der Waals surface area contributed by atoms with Gasteiger partial charge in [0.2, 0.25) is 5.95 Å². The summed E-state index contributed by atoms with van der Waals surface area (Å²) in [6, 6.07) is 17.8. The largest absolute Gasteiger partial charge is 0.329 e. The third kappa shape index (κ3) is 4.36. The molecule has 0 fully saturated rings. The highest BCUT2D eigenvalue weighted by Gasteiger charge is 2.17. The Kier molecular flexibility index (Phi) is 5.85. The molecule has 0 unspecified atom stereocenters. The van der Waals surface area contributed by atoms with E-state index in [1.54, 1.807) is 11.6 Å². The van der Waals surface area contributed by atoms with Crippen LogP contribution in [0.3, 0.4) is 0 Å². The molecule has 2 aromatic heterocycles. The fourth-order valence-electron chi connectivity index (χ4n) is 3.31. The van der Waals surface area contributed by atoms with Crippen LogP contribution >= 0.6 is 15.9 Å². The fraction of sp³-hybridized carbons (Fsp3) is 0.182. The summed E-state index contributed by atoms with van der Waals surface area (Å²) in [5.74, 6) is 0.397. The molecule has 8 nitrogen and oxygen atoms in total. The van der Waals surface area contributed by atoms with Gasteiger partial charge in [0.25, 0.3) is 5.56 Å². The van der Waals surface area contributed by atoms with E-state index in [0.717, 1.165) is 21.3 Å². The monoisotopic (exact) mass is 480 g/mol. The molecule has 2 N–H and O–H groups in total. The quantitative estimate of drug-likeness (QED) is 0.326. The van der Waals surface area contributed by atoms with Crippen molar-refractivity contribution in [1.82, 2.24) is 19.1 Å². The normalized spacial score (nSPS) is 11.8. The Bertz CT molecular complexity index is 1370. The molecular weight excluding hydrogens is 460 g/mol. The van der Waals surface area contributed by atoms with E-state index in [2.05, 4.69) is 36.4 Å². The summed E-state index contributed by atoms with van der Waals surface area (Å²) >= 11 is 3.43. The van der Waals surface area contributed by atoms with Crippen molar-refractivity contribution in [2.24, 2.45) is 12.1 Å². The number of hydrazone groups is 1. The minimum atomic E-state index is -0.508. The lowest BCUT2D eigenvalue weighted by atomic mass is 10.1. The molecule has 2 heterocycles. The minimum absolute atomic E-state index is 0.306. The Morgan fingerprint density at radius 1 is 1.13 bits per heavy atom. The SMILES string of the molecule is C/C(=N\Nc1nc2c(c(=O)[nH]c(=O)n2C)n1CCc1ccccc1)c1ccc(Br)cc1. The summed E-state index contributed by atoms with van der Waals surface area (Å²) in [6.07, 6.45) is 0.693. The second-order valence-corrected chi connectivity index (χ2v) is 8.04. The maximum atomic E-state index is 12.6.